The fraction of sp³-hybridized carbons (Fsp3) is 0.0588. The van der Waals surface area contributed by atoms with Gasteiger partial charge in [0.15, 0.2) is 0 Å². The molecule has 0 unspecified atom stereocenters. The van der Waals surface area contributed by atoms with E-state index in [9.17, 15) is 10.1 Å². The van der Waals surface area contributed by atoms with E-state index >= 15 is 0 Å². The summed E-state index contributed by atoms with van der Waals surface area (Å²) < 4.78 is 0. The van der Waals surface area contributed by atoms with Gasteiger partial charge in [-0.1, -0.05) is 41.4 Å². The first kappa shape index (κ1) is 16.1. The van der Waals surface area contributed by atoms with Crippen LogP contribution in [0.2, 0.25) is 10.0 Å². The van der Waals surface area contributed by atoms with Crippen LogP contribution in [0.15, 0.2) is 48.0 Å². The standard InChI is InChI=1S/C17H12Cl2N2O/c1-11-2-5-15(19)9-16(11)21-17(22)13(10-20)8-12-3-6-14(18)7-4-12/h2-9H,1H3,(H,21,22)/b13-8+. The Morgan fingerprint density at radius 2 is 1.77 bits per heavy atom. The van der Waals surface area contributed by atoms with Gasteiger partial charge in [-0.15, -0.1) is 0 Å². The van der Waals surface area contributed by atoms with Gasteiger partial charge in [-0.3, -0.25) is 4.79 Å². The number of carbonyl (C=O) groups excluding carboxylic acids is 1. The number of aryl methyl sites for hydroxylation is 1. The van der Waals surface area contributed by atoms with Crippen molar-refractivity contribution in [3.05, 3.63) is 69.2 Å². The van der Waals surface area contributed by atoms with Crippen molar-refractivity contribution in [3.8, 4) is 6.07 Å². The van der Waals surface area contributed by atoms with E-state index in [1.165, 1.54) is 6.08 Å². The molecule has 0 saturated carbocycles. The summed E-state index contributed by atoms with van der Waals surface area (Å²) in [4.78, 5) is 12.2. The highest BCUT2D eigenvalue weighted by Crippen LogP contribution is 2.21. The predicted octanol–water partition coefficient (Wildman–Crippen LogP) is 4.85. The molecule has 0 aliphatic carbocycles. The number of carbonyl (C=O) groups is 1. The summed E-state index contributed by atoms with van der Waals surface area (Å²) in [7, 11) is 0. The number of rotatable bonds is 3. The van der Waals surface area contributed by atoms with Crippen molar-refractivity contribution in [1.82, 2.24) is 0 Å². The molecule has 0 atom stereocenters. The lowest BCUT2D eigenvalue weighted by molar-refractivity contribution is -0.112. The maximum absolute atomic E-state index is 12.2. The van der Waals surface area contributed by atoms with Gasteiger partial charge in [-0.25, -0.2) is 0 Å². The lowest BCUT2D eigenvalue weighted by Gasteiger charge is -2.08. The Hall–Kier alpha value is -2.28. The Morgan fingerprint density at radius 1 is 1.14 bits per heavy atom. The highest BCUT2D eigenvalue weighted by molar-refractivity contribution is 6.31. The minimum Gasteiger partial charge on any atom is -0.321 e. The van der Waals surface area contributed by atoms with Crippen molar-refractivity contribution in [2.75, 3.05) is 5.32 Å². The Kier molecular flexibility index (Phi) is 5.21. The number of nitrogens with one attached hydrogen (secondary N) is 1. The van der Waals surface area contributed by atoms with Crippen LogP contribution in [-0.4, -0.2) is 5.91 Å². The summed E-state index contributed by atoms with van der Waals surface area (Å²) in [5, 5.41) is 13.0. The fourth-order valence-corrected chi connectivity index (χ4v) is 2.09. The summed E-state index contributed by atoms with van der Waals surface area (Å²) in [5.74, 6) is -0.484. The Balaban J connectivity index is 2.24. The van der Waals surface area contributed by atoms with Gasteiger partial charge in [0.1, 0.15) is 11.6 Å². The second-order valence-corrected chi connectivity index (χ2v) is 5.51. The number of nitrogens with zero attached hydrogens (tertiary/aromatic N) is 1. The molecule has 0 aliphatic rings. The summed E-state index contributed by atoms with van der Waals surface area (Å²) in [6.07, 6.45) is 1.51. The number of hydrogen-bond donors (Lipinski definition) is 1. The van der Waals surface area contributed by atoms with Crippen LogP contribution in [0.5, 0.6) is 0 Å². The SMILES string of the molecule is Cc1ccc(Cl)cc1NC(=O)/C(C#N)=C/c1ccc(Cl)cc1. The Bertz CT molecular complexity index is 774. The van der Waals surface area contributed by atoms with Crippen LogP contribution in [0.1, 0.15) is 11.1 Å². The number of benzene rings is 2. The van der Waals surface area contributed by atoms with Gasteiger partial charge in [-0.2, -0.15) is 5.26 Å². The minimum atomic E-state index is -0.484. The molecule has 0 heterocycles. The summed E-state index contributed by atoms with van der Waals surface area (Å²) in [5.41, 5.74) is 2.16. The molecular formula is C17H12Cl2N2O. The zero-order valence-corrected chi connectivity index (χ0v) is 13.2. The summed E-state index contributed by atoms with van der Waals surface area (Å²) in [6, 6.07) is 13.9. The third kappa shape index (κ3) is 4.11. The molecule has 2 aromatic carbocycles. The molecule has 3 nitrogen and oxygen atoms in total. The van der Waals surface area contributed by atoms with Crippen LogP contribution in [-0.2, 0) is 4.79 Å². The zero-order valence-electron chi connectivity index (χ0n) is 11.7. The molecule has 0 aromatic heterocycles. The highest BCUT2D eigenvalue weighted by atomic mass is 35.5. The smallest absolute Gasteiger partial charge is 0.266 e. The van der Waals surface area contributed by atoms with Gasteiger partial charge < -0.3 is 5.32 Å². The monoisotopic (exact) mass is 330 g/mol. The van der Waals surface area contributed by atoms with Crippen LogP contribution < -0.4 is 5.32 Å². The Labute approximate surface area is 138 Å². The van der Waals surface area contributed by atoms with Gasteiger partial charge in [0, 0.05) is 15.7 Å². The molecule has 0 spiro atoms. The Morgan fingerprint density at radius 3 is 2.41 bits per heavy atom. The maximum atomic E-state index is 12.2. The first-order valence-electron chi connectivity index (χ1n) is 6.44. The minimum absolute atomic E-state index is 0.00157. The van der Waals surface area contributed by atoms with E-state index in [1.54, 1.807) is 42.5 Å². The molecular weight excluding hydrogens is 319 g/mol. The van der Waals surface area contributed by atoms with E-state index in [4.69, 9.17) is 23.2 Å². The van der Waals surface area contributed by atoms with Crippen molar-refractivity contribution in [2.45, 2.75) is 6.92 Å². The fourth-order valence-electron chi connectivity index (χ4n) is 1.79. The van der Waals surface area contributed by atoms with Crippen LogP contribution in [0.4, 0.5) is 5.69 Å². The molecule has 1 N–H and O–H groups in total. The second-order valence-electron chi connectivity index (χ2n) is 4.63. The molecule has 2 aromatic rings. The predicted molar refractivity (Wildman–Crippen MR) is 89.9 cm³/mol. The highest BCUT2D eigenvalue weighted by Gasteiger charge is 2.11. The van der Waals surface area contributed by atoms with Gasteiger partial charge in [-0.05, 0) is 48.4 Å². The van der Waals surface area contributed by atoms with Crippen LogP contribution >= 0.6 is 23.2 Å². The number of halogens is 2. The molecule has 2 rings (SSSR count). The lowest BCUT2D eigenvalue weighted by Crippen LogP contribution is -2.14. The van der Waals surface area contributed by atoms with Crippen LogP contribution in [0.25, 0.3) is 6.08 Å². The number of nitriles is 1. The zero-order chi connectivity index (χ0) is 16.1. The van der Waals surface area contributed by atoms with Crippen LogP contribution in [0.3, 0.4) is 0 Å². The summed E-state index contributed by atoms with van der Waals surface area (Å²) >= 11 is 11.7. The average Bonchev–Trinajstić information content (AvgIpc) is 2.50. The molecule has 0 saturated heterocycles. The largest absolute Gasteiger partial charge is 0.321 e. The molecule has 0 aliphatic heterocycles. The number of amides is 1. The van der Waals surface area contributed by atoms with E-state index in [1.807, 2.05) is 13.0 Å². The normalized spacial score (nSPS) is 10.9. The number of anilines is 1. The van der Waals surface area contributed by atoms with Crippen molar-refractivity contribution in [1.29, 1.82) is 5.26 Å². The van der Waals surface area contributed by atoms with E-state index in [0.717, 1.165) is 11.1 Å². The van der Waals surface area contributed by atoms with Crippen molar-refractivity contribution in [2.24, 2.45) is 0 Å². The number of hydrogen-bond acceptors (Lipinski definition) is 2. The third-order valence-electron chi connectivity index (χ3n) is 2.99. The molecule has 5 heteroatoms. The summed E-state index contributed by atoms with van der Waals surface area (Å²) in [6.45, 7) is 1.85. The van der Waals surface area contributed by atoms with E-state index in [-0.39, 0.29) is 5.57 Å². The lowest BCUT2D eigenvalue weighted by atomic mass is 10.1. The van der Waals surface area contributed by atoms with Gasteiger partial charge in [0.05, 0.1) is 0 Å². The van der Waals surface area contributed by atoms with E-state index in [2.05, 4.69) is 5.32 Å². The van der Waals surface area contributed by atoms with E-state index < -0.39 is 5.91 Å². The van der Waals surface area contributed by atoms with Gasteiger partial charge in [0.25, 0.3) is 5.91 Å². The molecule has 0 radical (unpaired) electrons. The molecule has 0 bridgehead atoms. The third-order valence-corrected chi connectivity index (χ3v) is 3.48. The molecule has 1 amide bonds. The van der Waals surface area contributed by atoms with Gasteiger partial charge >= 0.3 is 0 Å². The van der Waals surface area contributed by atoms with Crippen molar-refractivity contribution in [3.63, 3.8) is 0 Å². The van der Waals surface area contributed by atoms with Gasteiger partial charge in [0.2, 0.25) is 0 Å². The molecule has 22 heavy (non-hydrogen) atoms. The molecule has 0 fully saturated rings. The van der Waals surface area contributed by atoms with Crippen molar-refractivity contribution >= 4 is 40.9 Å². The van der Waals surface area contributed by atoms with Crippen molar-refractivity contribution < 1.29 is 4.79 Å². The van der Waals surface area contributed by atoms with Crippen LogP contribution in [0, 0.1) is 18.3 Å². The topological polar surface area (TPSA) is 52.9 Å². The average molecular weight is 331 g/mol. The van der Waals surface area contributed by atoms with E-state index in [0.29, 0.717) is 15.7 Å². The first-order chi connectivity index (χ1) is 10.5. The quantitative estimate of drug-likeness (QED) is 0.646. The molecule has 110 valence electrons. The maximum Gasteiger partial charge on any atom is 0.266 e. The first-order valence-corrected chi connectivity index (χ1v) is 7.20. The second kappa shape index (κ2) is 7.13.